The molecule has 0 saturated heterocycles. The minimum Gasteiger partial charge on any atom is -0.329 e. The number of para-hydroxylation sites is 1. The minimum atomic E-state index is -0.311. The summed E-state index contributed by atoms with van der Waals surface area (Å²) in [7, 11) is 0. The summed E-state index contributed by atoms with van der Waals surface area (Å²) in [6, 6.07) is 12.2. The molecule has 0 aromatic heterocycles. The molecule has 0 radical (unpaired) electrons. The highest BCUT2D eigenvalue weighted by Gasteiger charge is 2.21. The van der Waals surface area contributed by atoms with Crippen molar-refractivity contribution >= 4 is 40.7 Å². The van der Waals surface area contributed by atoms with Crippen molar-refractivity contribution in [3.63, 3.8) is 0 Å². The molecule has 6 heteroatoms. The van der Waals surface area contributed by atoms with Crippen LogP contribution in [0, 0.1) is 6.92 Å². The molecular formula is C19H20Cl2N2O2. The first kappa shape index (κ1) is 19.3. The van der Waals surface area contributed by atoms with Crippen molar-refractivity contribution in [3.8, 4) is 0 Å². The Labute approximate surface area is 157 Å². The maximum atomic E-state index is 12.8. The minimum absolute atomic E-state index is 0.0517. The second kappa shape index (κ2) is 8.88. The molecule has 0 aliphatic heterocycles. The Bertz CT molecular complexity index is 778. The Balaban J connectivity index is 2.14. The van der Waals surface area contributed by atoms with Crippen LogP contribution in [0.5, 0.6) is 0 Å². The zero-order valence-corrected chi connectivity index (χ0v) is 15.7. The lowest BCUT2D eigenvalue weighted by Crippen LogP contribution is -2.38. The highest BCUT2D eigenvalue weighted by atomic mass is 35.5. The first-order chi connectivity index (χ1) is 11.9. The molecule has 2 amide bonds. The van der Waals surface area contributed by atoms with Crippen molar-refractivity contribution in [1.29, 1.82) is 0 Å². The van der Waals surface area contributed by atoms with E-state index in [1.54, 1.807) is 12.1 Å². The molecule has 0 aliphatic rings. The first-order valence-corrected chi connectivity index (χ1v) is 8.77. The van der Waals surface area contributed by atoms with Gasteiger partial charge in [-0.15, -0.1) is 0 Å². The molecule has 0 atom stereocenters. The van der Waals surface area contributed by atoms with E-state index in [1.807, 2.05) is 38.1 Å². The highest BCUT2D eigenvalue weighted by Crippen LogP contribution is 2.22. The summed E-state index contributed by atoms with van der Waals surface area (Å²) in [5.74, 6) is -0.566. The average molecular weight is 379 g/mol. The Kier molecular flexibility index (Phi) is 6.85. The molecule has 4 nitrogen and oxygen atoms in total. The van der Waals surface area contributed by atoms with Gasteiger partial charge >= 0.3 is 0 Å². The fraction of sp³-hybridized carbons (Fsp3) is 0.263. The van der Waals surface area contributed by atoms with E-state index in [0.29, 0.717) is 22.2 Å². The lowest BCUT2D eigenvalue weighted by Gasteiger charge is -2.22. The fourth-order valence-corrected chi connectivity index (χ4v) is 2.80. The van der Waals surface area contributed by atoms with Crippen molar-refractivity contribution < 1.29 is 9.59 Å². The summed E-state index contributed by atoms with van der Waals surface area (Å²) in [5, 5.41) is 3.58. The van der Waals surface area contributed by atoms with Crippen LogP contribution in [-0.2, 0) is 4.79 Å². The molecule has 1 N–H and O–H groups in total. The van der Waals surface area contributed by atoms with E-state index in [-0.39, 0.29) is 18.4 Å². The SMILES string of the molecule is CCCN(CC(=O)Nc1ccccc1C)C(=O)c1cc(Cl)ccc1Cl. The lowest BCUT2D eigenvalue weighted by atomic mass is 10.2. The topological polar surface area (TPSA) is 49.4 Å². The van der Waals surface area contributed by atoms with Crippen LogP contribution >= 0.6 is 23.2 Å². The van der Waals surface area contributed by atoms with E-state index < -0.39 is 0 Å². The number of carbonyl (C=O) groups is 2. The van der Waals surface area contributed by atoms with Gasteiger partial charge in [-0.3, -0.25) is 9.59 Å². The first-order valence-electron chi connectivity index (χ1n) is 8.02. The quantitative estimate of drug-likeness (QED) is 0.784. The number of carbonyl (C=O) groups excluding carboxylic acids is 2. The molecule has 132 valence electrons. The smallest absolute Gasteiger partial charge is 0.255 e. The third kappa shape index (κ3) is 5.21. The van der Waals surface area contributed by atoms with Gasteiger partial charge in [-0.05, 0) is 43.2 Å². The van der Waals surface area contributed by atoms with Gasteiger partial charge in [-0.25, -0.2) is 0 Å². The van der Waals surface area contributed by atoms with Gasteiger partial charge in [-0.1, -0.05) is 48.3 Å². The average Bonchev–Trinajstić information content (AvgIpc) is 2.58. The van der Waals surface area contributed by atoms with Gasteiger partial charge in [0.05, 0.1) is 10.6 Å². The van der Waals surface area contributed by atoms with Crippen LogP contribution in [0.15, 0.2) is 42.5 Å². The van der Waals surface area contributed by atoms with Crippen LogP contribution < -0.4 is 5.32 Å². The molecule has 0 unspecified atom stereocenters. The molecule has 25 heavy (non-hydrogen) atoms. The zero-order chi connectivity index (χ0) is 18.4. The van der Waals surface area contributed by atoms with Gasteiger partial charge in [0.25, 0.3) is 5.91 Å². The lowest BCUT2D eigenvalue weighted by molar-refractivity contribution is -0.116. The molecule has 2 aromatic rings. The van der Waals surface area contributed by atoms with Gasteiger partial charge in [-0.2, -0.15) is 0 Å². The summed E-state index contributed by atoms with van der Waals surface area (Å²) < 4.78 is 0. The molecule has 0 spiro atoms. The molecule has 2 aromatic carbocycles. The molecule has 2 rings (SSSR count). The van der Waals surface area contributed by atoms with Crippen LogP contribution in [0.3, 0.4) is 0 Å². The number of hydrogen-bond donors (Lipinski definition) is 1. The standard InChI is InChI=1S/C19H20Cl2N2O2/c1-3-10-23(19(25)15-11-14(20)8-9-16(15)21)12-18(24)22-17-7-5-4-6-13(17)2/h4-9,11H,3,10,12H2,1-2H3,(H,22,24). The predicted octanol–water partition coefficient (Wildman–Crippen LogP) is 4.79. The Morgan fingerprint density at radius 2 is 1.84 bits per heavy atom. The molecule has 0 fully saturated rings. The van der Waals surface area contributed by atoms with Gasteiger partial charge in [0.15, 0.2) is 0 Å². The number of nitrogens with one attached hydrogen (secondary N) is 1. The number of nitrogens with zero attached hydrogens (tertiary/aromatic N) is 1. The molecule has 0 bridgehead atoms. The van der Waals surface area contributed by atoms with E-state index >= 15 is 0 Å². The second-order valence-corrected chi connectivity index (χ2v) is 6.56. The summed E-state index contributed by atoms with van der Waals surface area (Å²) in [5.41, 5.74) is 1.99. The van der Waals surface area contributed by atoms with Crippen LogP contribution in [0.4, 0.5) is 5.69 Å². The largest absolute Gasteiger partial charge is 0.329 e. The van der Waals surface area contributed by atoms with Crippen LogP contribution in [0.1, 0.15) is 29.3 Å². The number of amides is 2. The van der Waals surface area contributed by atoms with E-state index in [9.17, 15) is 9.59 Å². The van der Waals surface area contributed by atoms with Gasteiger partial charge < -0.3 is 10.2 Å². The van der Waals surface area contributed by atoms with Crippen molar-refractivity contribution in [2.75, 3.05) is 18.4 Å². The van der Waals surface area contributed by atoms with Crippen LogP contribution in [0.25, 0.3) is 0 Å². The molecular weight excluding hydrogens is 359 g/mol. The zero-order valence-electron chi connectivity index (χ0n) is 14.2. The van der Waals surface area contributed by atoms with Crippen molar-refractivity contribution in [3.05, 3.63) is 63.6 Å². The predicted molar refractivity (Wildman–Crippen MR) is 102 cm³/mol. The monoisotopic (exact) mass is 378 g/mol. The third-order valence-electron chi connectivity index (χ3n) is 3.69. The van der Waals surface area contributed by atoms with Crippen LogP contribution in [-0.4, -0.2) is 29.8 Å². The molecule has 0 saturated carbocycles. The number of benzene rings is 2. The normalized spacial score (nSPS) is 10.4. The maximum Gasteiger partial charge on any atom is 0.255 e. The van der Waals surface area contributed by atoms with E-state index in [2.05, 4.69) is 5.32 Å². The second-order valence-electron chi connectivity index (χ2n) is 5.71. The summed E-state index contributed by atoms with van der Waals surface area (Å²) in [4.78, 5) is 26.6. The van der Waals surface area contributed by atoms with Crippen molar-refractivity contribution in [2.24, 2.45) is 0 Å². The number of anilines is 1. The van der Waals surface area contributed by atoms with Gasteiger partial charge in [0.1, 0.15) is 6.54 Å². The number of rotatable bonds is 6. The van der Waals surface area contributed by atoms with Crippen molar-refractivity contribution in [1.82, 2.24) is 4.90 Å². The Morgan fingerprint density at radius 3 is 2.52 bits per heavy atom. The van der Waals surface area contributed by atoms with Gasteiger partial charge in [0.2, 0.25) is 5.91 Å². The fourth-order valence-electron chi connectivity index (χ4n) is 2.43. The molecule has 0 aliphatic carbocycles. The maximum absolute atomic E-state index is 12.8. The number of aryl methyl sites for hydroxylation is 1. The summed E-state index contributed by atoms with van der Waals surface area (Å²) in [6.45, 7) is 4.25. The van der Waals surface area contributed by atoms with E-state index in [4.69, 9.17) is 23.2 Å². The van der Waals surface area contributed by atoms with E-state index in [1.165, 1.54) is 11.0 Å². The third-order valence-corrected chi connectivity index (χ3v) is 4.26. The van der Waals surface area contributed by atoms with Crippen molar-refractivity contribution in [2.45, 2.75) is 20.3 Å². The highest BCUT2D eigenvalue weighted by molar-refractivity contribution is 6.35. The van der Waals surface area contributed by atoms with E-state index in [0.717, 1.165) is 17.7 Å². The summed E-state index contributed by atoms with van der Waals surface area (Å²) >= 11 is 12.1. The summed E-state index contributed by atoms with van der Waals surface area (Å²) in [6.07, 6.45) is 0.724. The van der Waals surface area contributed by atoms with Crippen LogP contribution in [0.2, 0.25) is 10.0 Å². The number of halogens is 2. The number of hydrogen-bond acceptors (Lipinski definition) is 2. The Morgan fingerprint density at radius 1 is 1.12 bits per heavy atom. The molecule has 0 heterocycles. The van der Waals surface area contributed by atoms with Gasteiger partial charge in [0, 0.05) is 17.3 Å². The Hall–Kier alpha value is -2.04.